The Balaban J connectivity index is 1.71. The van der Waals surface area contributed by atoms with E-state index in [0.29, 0.717) is 24.6 Å². The predicted octanol–water partition coefficient (Wildman–Crippen LogP) is 3.89. The summed E-state index contributed by atoms with van der Waals surface area (Å²) < 4.78 is 11.1. The highest BCUT2D eigenvalue weighted by Crippen LogP contribution is 2.38. The van der Waals surface area contributed by atoms with Crippen molar-refractivity contribution in [2.24, 2.45) is 0 Å². The van der Waals surface area contributed by atoms with Crippen molar-refractivity contribution in [2.45, 2.75) is 26.3 Å². The number of aryl methyl sites for hydroxylation is 1. The van der Waals surface area contributed by atoms with Crippen LogP contribution in [0, 0.1) is 6.92 Å². The standard InChI is InChI=1S/C25H26N2O4/c1-3-26-23(28)16-31-20-10-9-18-11-12-27(25(29)22-8-5-13-30-22)24(21(18)15-20)19-7-4-6-17(2)14-19/h4-10,13-15,24H,3,11-12,16H2,1-2H3,(H,26,28). The Morgan fingerprint density at radius 1 is 1.16 bits per heavy atom. The number of nitrogens with zero attached hydrogens (tertiary/aromatic N) is 1. The molecule has 6 nitrogen and oxygen atoms in total. The number of benzene rings is 2. The first kappa shape index (κ1) is 20.7. The van der Waals surface area contributed by atoms with Gasteiger partial charge in [-0.2, -0.15) is 0 Å². The minimum Gasteiger partial charge on any atom is -0.484 e. The Morgan fingerprint density at radius 3 is 2.77 bits per heavy atom. The summed E-state index contributed by atoms with van der Waals surface area (Å²) in [7, 11) is 0. The lowest BCUT2D eigenvalue weighted by molar-refractivity contribution is -0.122. The summed E-state index contributed by atoms with van der Waals surface area (Å²) in [4.78, 5) is 26.9. The van der Waals surface area contributed by atoms with Gasteiger partial charge in [-0.15, -0.1) is 0 Å². The molecule has 1 atom stereocenters. The fourth-order valence-electron chi connectivity index (χ4n) is 4.04. The second-order valence-electron chi connectivity index (χ2n) is 7.65. The molecule has 160 valence electrons. The van der Waals surface area contributed by atoms with Gasteiger partial charge in [0.05, 0.1) is 12.3 Å². The van der Waals surface area contributed by atoms with Crippen LogP contribution in [-0.2, 0) is 11.2 Å². The first-order chi connectivity index (χ1) is 15.1. The lowest BCUT2D eigenvalue weighted by Gasteiger charge is -2.37. The van der Waals surface area contributed by atoms with Crippen LogP contribution < -0.4 is 10.1 Å². The van der Waals surface area contributed by atoms with Crippen LogP contribution in [0.4, 0.5) is 0 Å². The zero-order valence-corrected chi connectivity index (χ0v) is 17.8. The largest absolute Gasteiger partial charge is 0.484 e. The van der Waals surface area contributed by atoms with Gasteiger partial charge in [-0.3, -0.25) is 9.59 Å². The Morgan fingerprint density at radius 2 is 2.03 bits per heavy atom. The Labute approximate surface area is 181 Å². The van der Waals surface area contributed by atoms with Crippen LogP contribution in [0.3, 0.4) is 0 Å². The highest BCUT2D eigenvalue weighted by Gasteiger charge is 2.34. The SMILES string of the molecule is CCNC(=O)COc1ccc2c(c1)C(c1cccc(C)c1)N(C(=O)c1ccco1)CC2. The average molecular weight is 418 g/mol. The summed E-state index contributed by atoms with van der Waals surface area (Å²) in [6.45, 7) is 5.01. The van der Waals surface area contributed by atoms with Crippen molar-refractivity contribution in [1.29, 1.82) is 0 Å². The van der Waals surface area contributed by atoms with Crippen molar-refractivity contribution in [3.63, 3.8) is 0 Å². The lowest BCUT2D eigenvalue weighted by Crippen LogP contribution is -2.40. The van der Waals surface area contributed by atoms with Gasteiger partial charge in [0.2, 0.25) is 0 Å². The quantitative estimate of drug-likeness (QED) is 0.659. The maximum Gasteiger partial charge on any atom is 0.290 e. The monoisotopic (exact) mass is 418 g/mol. The molecule has 3 aromatic rings. The predicted molar refractivity (Wildman–Crippen MR) is 117 cm³/mol. The molecule has 0 saturated heterocycles. The van der Waals surface area contributed by atoms with Gasteiger partial charge in [0.25, 0.3) is 11.8 Å². The molecule has 4 rings (SSSR count). The zero-order chi connectivity index (χ0) is 21.8. The number of carbonyl (C=O) groups excluding carboxylic acids is 2. The number of rotatable bonds is 6. The van der Waals surface area contributed by atoms with Crippen molar-refractivity contribution < 1.29 is 18.7 Å². The molecule has 0 radical (unpaired) electrons. The first-order valence-corrected chi connectivity index (χ1v) is 10.5. The minimum atomic E-state index is -0.269. The van der Waals surface area contributed by atoms with Gasteiger partial charge in [0.15, 0.2) is 12.4 Å². The highest BCUT2D eigenvalue weighted by molar-refractivity contribution is 5.92. The summed E-state index contributed by atoms with van der Waals surface area (Å²) in [5.74, 6) is 0.626. The van der Waals surface area contributed by atoms with E-state index in [1.807, 2.05) is 55.1 Å². The molecule has 0 spiro atoms. The lowest BCUT2D eigenvalue weighted by atomic mass is 9.87. The molecule has 2 heterocycles. The van der Waals surface area contributed by atoms with E-state index >= 15 is 0 Å². The summed E-state index contributed by atoms with van der Waals surface area (Å²) >= 11 is 0. The van der Waals surface area contributed by atoms with Crippen LogP contribution in [0.2, 0.25) is 0 Å². The van der Waals surface area contributed by atoms with Crippen LogP contribution in [0.25, 0.3) is 0 Å². The second-order valence-corrected chi connectivity index (χ2v) is 7.65. The molecule has 1 aliphatic rings. The number of fused-ring (bicyclic) bond motifs is 1. The van der Waals surface area contributed by atoms with E-state index in [-0.39, 0.29) is 24.5 Å². The van der Waals surface area contributed by atoms with E-state index in [1.54, 1.807) is 12.1 Å². The molecule has 0 saturated carbocycles. The summed E-state index contributed by atoms with van der Waals surface area (Å²) in [5, 5.41) is 2.73. The van der Waals surface area contributed by atoms with E-state index in [9.17, 15) is 9.59 Å². The van der Waals surface area contributed by atoms with Crippen molar-refractivity contribution in [1.82, 2.24) is 10.2 Å². The number of amides is 2. The molecule has 1 unspecified atom stereocenters. The Kier molecular flexibility index (Phi) is 6.07. The fraction of sp³-hybridized carbons (Fsp3) is 0.280. The smallest absolute Gasteiger partial charge is 0.290 e. The Bertz CT molecular complexity index is 1070. The van der Waals surface area contributed by atoms with E-state index < -0.39 is 0 Å². The topological polar surface area (TPSA) is 71.8 Å². The van der Waals surface area contributed by atoms with Gasteiger partial charge >= 0.3 is 0 Å². The van der Waals surface area contributed by atoms with Gasteiger partial charge in [-0.05, 0) is 61.2 Å². The molecule has 1 aromatic heterocycles. The third-order valence-electron chi connectivity index (χ3n) is 5.44. The van der Waals surface area contributed by atoms with Crippen molar-refractivity contribution in [2.75, 3.05) is 19.7 Å². The Hall–Kier alpha value is -3.54. The van der Waals surface area contributed by atoms with Crippen molar-refractivity contribution in [3.8, 4) is 5.75 Å². The second kappa shape index (κ2) is 9.08. The van der Waals surface area contributed by atoms with Crippen molar-refractivity contribution >= 4 is 11.8 Å². The molecular formula is C25H26N2O4. The molecule has 2 aromatic carbocycles. The van der Waals surface area contributed by atoms with Crippen LogP contribution in [-0.4, -0.2) is 36.4 Å². The molecule has 6 heteroatoms. The van der Waals surface area contributed by atoms with E-state index in [1.165, 1.54) is 11.8 Å². The van der Waals surface area contributed by atoms with Crippen LogP contribution in [0.15, 0.2) is 65.3 Å². The fourth-order valence-corrected chi connectivity index (χ4v) is 4.04. The molecule has 0 bridgehead atoms. The number of furan rings is 1. The van der Waals surface area contributed by atoms with E-state index in [0.717, 1.165) is 23.1 Å². The maximum atomic E-state index is 13.3. The third-order valence-corrected chi connectivity index (χ3v) is 5.44. The number of nitrogens with one attached hydrogen (secondary N) is 1. The maximum absolute atomic E-state index is 13.3. The van der Waals surface area contributed by atoms with E-state index in [4.69, 9.17) is 9.15 Å². The number of hydrogen-bond donors (Lipinski definition) is 1. The minimum absolute atomic E-state index is 0.0449. The molecule has 0 fully saturated rings. The highest BCUT2D eigenvalue weighted by atomic mass is 16.5. The number of carbonyl (C=O) groups is 2. The molecule has 31 heavy (non-hydrogen) atoms. The molecular weight excluding hydrogens is 392 g/mol. The van der Waals surface area contributed by atoms with Crippen molar-refractivity contribution in [3.05, 3.63) is 88.9 Å². The number of ether oxygens (including phenoxy) is 1. The van der Waals surface area contributed by atoms with Crippen LogP contribution in [0.1, 0.15) is 45.8 Å². The third kappa shape index (κ3) is 4.48. The first-order valence-electron chi connectivity index (χ1n) is 10.5. The molecule has 0 aliphatic carbocycles. The normalized spacial score (nSPS) is 15.3. The van der Waals surface area contributed by atoms with Gasteiger partial charge in [0.1, 0.15) is 5.75 Å². The number of hydrogen-bond acceptors (Lipinski definition) is 4. The van der Waals surface area contributed by atoms with Gasteiger partial charge < -0.3 is 19.4 Å². The average Bonchev–Trinajstić information content (AvgIpc) is 3.31. The molecule has 1 N–H and O–H groups in total. The zero-order valence-electron chi connectivity index (χ0n) is 17.8. The summed E-state index contributed by atoms with van der Waals surface area (Å²) in [6.07, 6.45) is 2.25. The summed E-state index contributed by atoms with van der Waals surface area (Å²) in [6, 6.07) is 17.2. The van der Waals surface area contributed by atoms with E-state index in [2.05, 4.69) is 11.4 Å². The summed E-state index contributed by atoms with van der Waals surface area (Å²) in [5.41, 5.74) is 4.32. The van der Waals surface area contributed by atoms with Gasteiger partial charge in [0, 0.05) is 13.1 Å². The number of likely N-dealkylation sites (N-methyl/N-ethyl adjacent to an activating group) is 1. The molecule has 1 aliphatic heterocycles. The van der Waals surface area contributed by atoms with Gasteiger partial charge in [-0.1, -0.05) is 35.9 Å². The van der Waals surface area contributed by atoms with Crippen LogP contribution >= 0.6 is 0 Å². The van der Waals surface area contributed by atoms with Crippen LogP contribution in [0.5, 0.6) is 5.75 Å². The van der Waals surface area contributed by atoms with Gasteiger partial charge in [-0.25, -0.2) is 0 Å². The molecule has 2 amide bonds.